The van der Waals surface area contributed by atoms with Crippen molar-refractivity contribution in [1.82, 2.24) is 0 Å². The number of aromatic carboxylic acids is 1. The number of hydrogen-bond donors (Lipinski definition) is 2. The largest absolute Gasteiger partial charge is 0.477 e. The zero-order chi connectivity index (χ0) is 8.43. The minimum Gasteiger partial charge on any atom is -0.477 e. The van der Waals surface area contributed by atoms with E-state index in [0.717, 1.165) is 5.56 Å². The van der Waals surface area contributed by atoms with Crippen LogP contribution in [0.25, 0.3) is 0 Å². The normalized spacial score (nSPS) is 9.64. The molecule has 0 bridgehead atoms. The molecule has 0 spiro atoms. The van der Waals surface area contributed by atoms with E-state index in [9.17, 15) is 4.79 Å². The molecule has 0 amide bonds. The van der Waals surface area contributed by atoms with Gasteiger partial charge in [0, 0.05) is 6.07 Å². The molecule has 0 aliphatic rings. The van der Waals surface area contributed by atoms with Gasteiger partial charge in [-0.05, 0) is 18.6 Å². The van der Waals surface area contributed by atoms with Gasteiger partial charge in [-0.25, -0.2) is 4.79 Å². The van der Waals surface area contributed by atoms with Crippen molar-refractivity contribution >= 4 is 11.7 Å². The average Bonchev–Trinajstić information content (AvgIpc) is 1.85. The third-order valence-electron chi connectivity index (χ3n) is 1.49. The lowest BCUT2D eigenvalue weighted by atomic mass is 10.1. The Balaban J connectivity index is 3.20. The van der Waals surface area contributed by atoms with Crippen molar-refractivity contribution in [3.05, 3.63) is 29.3 Å². The number of quaternary nitrogens is 1. The molecule has 1 rings (SSSR count). The Labute approximate surface area is 64.5 Å². The van der Waals surface area contributed by atoms with Crippen molar-refractivity contribution in [2.45, 2.75) is 6.92 Å². The molecule has 0 unspecified atom stereocenters. The average molecular weight is 152 g/mol. The molecule has 0 heterocycles. The molecule has 3 heteroatoms. The second-order valence-corrected chi connectivity index (χ2v) is 2.47. The van der Waals surface area contributed by atoms with E-state index in [1.807, 2.05) is 6.92 Å². The Morgan fingerprint density at radius 1 is 1.55 bits per heavy atom. The fourth-order valence-corrected chi connectivity index (χ4v) is 0.931. The van der Waals surface area contributed by atoms with Crippen LogP contribution in [0.15, 0.2) is 18.2 Å². The Morgan fingerprint density at radius 3 is 2.64 bits per heavy atom. The Hall–Kier alpha value is -1.35. The number of aryl methyl sites for hydroxylation is 1. The van der Waals surface area contributed by atoms with Gasteiger partial charge in [-0.1, -0.05) is 6.07 Å². The highest BCUT2D eigenvalue weighted by Crippen LogP contribution is 2.11. The molecular weight excluding hydrogens is 142 g/mol. The molecule has 3 nitrogen and oxygen atoms in total. The molecule has 0 saturated heterocycles. The molecular formula is C8H10NO2+. The second kappa shape index (κ2) is 2.72. The van der Waals surface area contributed by atoms with E-state index in [0.29, 0.717) is 5.69 Å². The van der Waals surface area contributed by atoms with Gasteiger partial charge in [0.25, 0.3) is 0 Å². The summed E-state index contributed by atoms with van der Waals surface area (Å²) in [4.78, 5) is 10.5. The van der Waals surface area contributed by atoms with Gasteiger partial charge in [0.2, 0.25) is 0 Å². The summed E-state index contributed by atoms with van der Waals surface area (Å²) >= 11 is 0. The van der Waals surface area contributed by atoms with Crippen LogP contribution in [0.2, 0.25) is 0 Å². The quantitative estimate of drug-likeness (QED) is 0.617. The van der Waals surface area contributed by atoms with E-state index >= 15 is 0 Å². The third kappa shape index (κ3) is 1.56. The van der Waals surface area contributed by atoms with Crippen LogP contribution >= 0.6 is 0 Å². The number of carbonyl (C=O) groups is 1. The van der Waals surface area contributed by atoms with E-state index in [1.54, 1.807) is 18.2 Å². The number of hydrogen-bond acceptors (Lipinski definition) is 1. The molecule has 11 heavy (non-hydrogen) atoms. The highest BCUT2D eigenvalue weighted by molar-refractivity contribution is 5.92. The number of carboxylic acids is 1. The van der Waals surface area contributed by atoms with Crippen LogP contribution < -0.4 is 5.73 Å². The molecule has 0 saturated carbocycles. The van der Waals surface area contributed by atoms with Gasteiger partial charge in [-0.2, -0.15) is 0 Å². The van der Waals surface area contributed by atoms with E-state index in [4.69, 9.17) is 5.11 Å². The molecule has 0 radical (unpaired) electrons. The molecule has 4 N–H and O–H groups in total. The SMILES string of the molecule is Cc1ccc(C(=O)O)c([NH3+])c1. The van der Waals surface area contributed by atoms with Gasteiger partial charge >= 0.3 is 5.97 Å². The minimum atomic E-state index is -0.921. The Morgan fingerprint density at radius 2 is 2.18 bits per heavy atom. The fraction of sp³-hybridized carbons (Fsp3) is 0.125. The third-order valence-corrected chi connectivity index (χ3v) is 1.49. The van der Waals surface area contributed by atoms with Gasteiger partial charge in [0.15, 0.2) is 0 Å². The van der Waals surface area contributed by atoms with Gasteiger partial charge in [-0.3, -0.25) is 0 Å². The van der Waals surface area contributed by atoms with Gasteiger partial charge < -0.3 is 10.8 Å². The predicted molar refractivity (Wildman–Crippen MR) is 40.7 cm³/mol. The monoisotopic (exact) mass is 152 g/mol. The maximum atomic E-state index is 10.5. The summed E-state index contributed by atoms with van der Waals surface area (Å²) in [6.07, 6.45) is 0. The highest BCUT2D eigenvalue weighted by atomic mass is 16.4. The van der Waals surface area contributed by atoms with Crippen LogP contribution in [0, 0.1) is 6.92 Å². The van der Waals surface area contributed by atoms with Crippen molar-refractivity contribution in [3.8, 4) is 0 Å². The van der Waals surface area contributed by atoms with Crippen LogP contribution in [0.5, 0.6) is 0 Å². The standard InChI is InChI=1S/C8H9NO2/c1-5-2-3-6(8(10)11)7(9)4-5/h2-4H,9H2,1H3,(H,10,11)/p+1. The summed E-state index contributed by atoms with van der Waals surface area (Å²) in [5.74, 6) is -0.921. The van der Waals surface area contributed by atoms with Crippen LogP contribution in [0.3, 0.4) is 0 Å². The lowest BCUT2D eigenvalue weighted by Gasteiger charge is -1.96. The first-order valence-corrected chi connectivity index (χ1v) is 3.27. The zero-order valence-corrected chi connectivity index (χ0v) is 6.29. The zero-order valence-electron chi connectivity index (χ0n) is 6.29. The molecule has 1 aromatic rings. The second-order valence-electron chi connectivity index (χ2n) is 2.47. The van der Waals surface area contributed by atoms with Gasteiger partial charge in [0.1, 0.15) is 11.3 Å². The van der Waals surface area contributed by atoms with Gasteiger partial charge in [0.05, 0.1) is 0 Å². The summed E-state index contributed by atoms with van der Waals surface area (Å²) in [6, 6.07) is 5.08. The van der Waals surface area contributed by atoms with E-state index in [2.05, 4.69) is 5.73 Å². The maximum absolute atomic E-state index is 10.5. The van der Waals surface area contributed by atoms with Crippen LogP contribution in [0.1, 0.15) is 15.9 Å². The topological polar surface area (TPSA) is 64.9 Å². The smallest absolute Gasteiger partial charge is 0.341 e. The Kier molecular flexibility index (Phi) is 1.92. The highest BCUT2D eigenvalue weighted by Gasteiger charge is 2.08. The van der Waals surface area contributed by atoms with Crippen molar-refractivity contribution in [1.29, 1.82) is 0 Å². The molecule has 58 valence electrons. The summed E-state index contributed by atoms with van der Waals surface area (Å²) < 4.78 is 0. The summed E-state index contributed by atoms with van der Waals surface area (Å²) in [6.45, 7) is 1.90. The molecule has 1 aromatic carbocycles. The predicted octanol–water partition coefficient (Wildman–Crippen LogP) is 0.567. The first-order chi connectivity index (χ1) is 5.11. The first kappa shape index (κ1) is 7.75. The number of carboxylic acid groups (broad SMARTS) is 1. The van der Waals surface area contributed by atoms with E-state index in [1.165, 1.54) is 0 Å². The first-order valence-electron chi connectivity index (χ1n) is 3.27. The fourth-order valence-electron chi connectivity index (χ4n) is 0.931. The van der Waals surface area contributed by atoms with Gasteiger partial charge in [-0.15, -0.1) is 0 Å². The summed E-state index contributed by atoms with van der Waals surface area (Å²) in [7, 11) is 0. The molecule has 0 fully saturated rings. The molecule has 0 aliphatic heterocycles. The van der Waals surface area contributed by atoms with E-state index in [-0.39, 0.29) is 5.56 Å². The molecule has 0 aliphatic carbocycles. The van der Waals surface area contributed by atoms with Crippen LogP contribution in [-0.2, 0) is 0 Å². The molecule has 0 atom stereocenters. The van der Waals surface area contributed by atoms with Crippen molar-refractivity contribution < 1.29 is 15.6 Å². The van der Waals surface area contributed by atoms with E-state index < -0.39 is 5.97 Å². The minimum absolute atomic E-state index is 0.274. The lowest BCUT2D eigenvalue weighted by Crippen LogP contribution is -2.42. The van der Waals surface area contributed by atoms with Crippen molar-refractivity contribution in [3.63, 3.8) is 0 Å². The van der Waals surface area contributed by atoms with Crippen LogP contribution in [-0.4, -0.2) is 11.1 Å². The maximum Gasteiger partial charge on any atom is 0.341 e. The van der Waals surface area contributed by atoms with Crippen molar-refractivity contribution in [2.24, 2.45) is 0 Å². The van der Waals surface area contributed by atoms with Crippen molar-refractivity contribution in [2.75, 3.05) is 0 Å². The summed E-state index contributed by atoms with van der Waals surface area (Å²) in [5.41, 5.74) is 5.49. The van der Waals surface area contributed by atoms with Crippen LogP contribution in [0.4, 0.5) is 5.69 Å². The molecule has 0 aromatic heterocycles. The lowest BCUT2D eigenvalue weighted by molar-refractivity contribution is -0.255. The number of benzene rings is 1. The Bertz CT molecular complexity index is 294. The number of rotatable bonds is 1. The summed E-state index contributed by atoms with van der Waals surface area (Å²) in [5, 5.41) is 8.62.